The molecule has 0 N–H and O–H groups in total. The van der Waals surface area contributed by atoms with E-state index < -0.39 is 5.97 Å². The Bertz CT molecular complexity index is 597. The van der Waals surface area contributed by atoms with Gasteiger partial charge < -0.3 is 4.74 Å². The van der Waals surface area contributed by atoms with Crippen LogP contribution in [0.15, 0.2) is 47.4 Å². The number of carbonyl (C=O) groups is 1. The molecule has 0 saturated carbocycles. The Morgan fingerprint density at radius 1 is 1.22 bits per heavy atom. The molecule has 0 amide bonds. The molecule has 0 heterocycles. The summed E-state index contributed by atoms with van der Waals surface area (Å²) in [6.07, 6.45) is 1.74. The quantitative estimate of drug-likeness (QED) is 0.516. The fourth-order valence-corrected chi connectivity index (χ4v) is 1.99. The van der Waals surface area contributed by atoms with E-state index in [-0.39, 0.29) is 0 Å². The predicted octanol–water partition coefficient (Wildman–Crippen LogP) is 3.67. The number of hydrogen-bond acceptors (Lipinski definition) is 3. The van der Waals surface area contributed by atoms with Gasteiger partial charge in [-0.3, -0.25) is 0 Å². The zero-order valence-electron chi connectivity index (χ0n) is 10.1. The lowest BCUT2D eigenvalue weighted by atomic mass is 10.0. The number of rotatable bonds is 3. The summed E-state index contributed by atoms with van der Waals surface area (Å²) in [5, 5.41) is 2.23. The van der Waals surface area contributed by atoms with Gasteiger partial charge in [0.05, 0.1) is 11.5 Å². The van der Waals surface area contributed by atoms with Gasteiger partial charge in [-0.1, -0.05) is 42.5 Å². The fraction of sp³-hybridized carbons (Fsp3) is 0.133. The molecule has 0 aliphatic rings. The summed E-state index contributed by atoms with van der Waals surface area (Å²) in [6.45, 7) is 2.13. The number of esters is 1. The van der Waals surface area contributed by atoms with Crippen molar-refractivity contribution < 1.29 is 9.53 Å². The molecule has 0 aliphatic heterocycles. The van der Waals surface area contributed by atoms with Crippen molar-refractivity contribution in [2.75, 3.05) is 6.61 Å². The van der Waals surface area contributed by atoms with Gasteiger partial charge in [0.1, 0.15) is 0 Å². The normalized spacial score (nSPS) is 11.6. The highest BCUT2D eigenvalue weighted by Crippen LogP contribution is 2.22. The minimum Gasteiger partial charge on any atom is -0.462 e. The van der Waals surface area contributed by atoms with Crippen LogP contribution < -0.4 is 0 Å². The monoisotopic (exact) mass is 258 g/mol. The van der Waals surface area contributed by atoms with Crippen molar-refractivity contribution in [2.45, 2.75) is 6.92 Å². The Labute approximate surface area is 112 Å². The third kappa shape index (κ3) is 2.74. The molecule has 0 radical (unpaired) electrons. The molecule has 2 aromatic carbocycles. The van der Waals surface area contributed by atoms with Crippen molar-refractivity contribution in [3.63, 3.8) is 0 Å². The second-order valence-corrected chi connectivity index (χ2v) is 4.30. The van der Waals surface area contributed by atoms with E-state index in [2.05, 4.69) is 12.6 Å². The van der Waals surface area contributed by atoms with Gasteiger partial charge in [-0.05, 0) is 29.3 Å². The molecule has 0 fully saturated rings. The van der Waals surface area contributed by atoms with Crippen LogP contribution in [0.5, 0.6) is 0 Å². The van der Waals surface area contributed by atoms with Crippen LogP contribution in [0.4, 0.5) is 0 Å². The second-order valence-electron chi connectivity index (χ2n) is 3.82. The minimum atomic E-state index is -0.395. The zero-order valence-corrected chi connectivity index (χ0v) is 11.0. The third-order valence-corrected chi connectivity index (χ3v) is 2.91. The highest BCUT2D eigenvalue weighted by atomic mass is 32.1. The molecule has 2 aromatic rings. The van der Waals surface area contributed by atoms with Gasteiger partial charge in [0.2, 0.25) is 0 Å². The van der Waals surface area contributed by atoms with Crippen molar-refractivity contribution >= 4 is 35.4 Å². The second kappa shape index (κ2) is 5.74. The first kappa shape index (κ1) is 12.7. The van der Waals surface area contributed by atoms with E-state index in [9.17, 15) is 4.79 Å². The van der Waals surface area contributed by atoms with Crippen molar-refractivity contribution in [1.29, 1.82) is 0 Å². The molecular weight excluding hydrogens is 244 g/mol. The molecule has 92 valence electrons. The van der Waals surface area contributed by atoms with Gasteiger partial charge in [0.15, 0.2) is 0 Å². The summed E-state index contributed by atoms with van der Waals surface area (Å²) in [6, 6.07) is 14.0. The number of hydrogen-bond donors (Lipinski definition) is 1. The zero-order chi connectivity index (χ0) is 13.0. The molecule has 0 saturated heterocycles. The maximum atomic E-state index is 11.5. The summed E-state index contributed by atoms with van der Waals surface area (Å²) in [4.78, 5) is 11.8. The molecule has 3 heteroatoms. The van der Waals surface area contributed by atoms with Crippen molar-refractivity contribution in [1.82, 2.24) is 0 Å². The van der Waals surface area contributed by atoms with Crippen LogP contribution >= 0.6 is 12.6 Å². The first-order chi connectivity index (χ1) is 8.72. The Morgan fingerprint density at radius 3 is 2.72 bits per heavy atom. The lowest BCUT2D eigenvalue weighted by Crippen LogP contribution is -2.03. The first-order valence-corrected chi connectivity index (χ1v) is 6.22. The largest absolute Gasteiger partial charge is 0.462 e. The first-order valence-electron chi connectivity index (χ1n) is 5.78. The van der Waals surface area contributed by atoms with Crippen LogP contribution in [0.1, 0.15) is 12.5 Å². The molecule has 0 atom stereocenters. The highest BCUT2D eigenvalue weighted by Gasteiger charge is 2.06. The number of carbonyl (C=O) groups excluding carboxylic acids is 1. The number of ether oxygens (including phenoxy) is 1. The van der Waals surface area contributed by atoms with Gasteiger partial charge in [0.25, 0.3) is 0 Å². The van der Waals surface area contributed by atoms with E-state index in [4.69, 9.17) is 4.74 Å². The van der Waals surface area contributed by atoms with Gasteiger partial charge in [-0.2, -0.15) is 0 Å². The fourth-order valence-electron chi connectivity index (χ4n) is 1.79. The van der Waals surface area contributed by atoms with E-state index in [0.29, 0.717) is 11.5 Å². The van der Waals surface area contributed by atoms with E-state index in [1.54, 1.807) is 13.0 Å². The number of thiol groups is 1. The van der Waals surface area contributed by atoms with Gasteiger partial charge in [0, 0.05) is 0 Å². The molecule has 0 unspecified atom stereocenters. The molecular formula is C15H14O2S. The SMILES string of the molecule is CCOC(=O)C(S)=Cc1cccc2ccccc12. The molecule has 0 bridgehead atoms. The smallest absolute Gasteiger partial charge is 0.344 e. The summed E-state index contributed by atoms with van der Waals surface area (Å²) in [5.41, 5.74) is 0.964. The van der Waals surface area contributed by atoms with Crippen LogP contribution in [0.25, 0.3) is 16.8 Å². The van der Waals surface area contributed by atoms with E-state index in [0.717, 1.165) is 16.3 Å². The third-order valence-electron chi connectivity index (χ3n) is 2.60. The molecule has 2 nitrogen and oxygen atoms in total. The van der Waals surface area contributed by atoms with Gasteiger partial charge >= 0.3 is 5.97 Å². The maximum absolute atomic E-state index is 11.5. The van der Waals surface area contributed by atoms with Crippen LogP contribution in [0.2, 0.25) is 0 Å². The van der Waals surface area contributed by atoms with E-state index in [1.807, 2.05) is 42.5 Å². The average molecular weight is 258 g/mol. The van der Waals surface area contributed by atoms with Crippen LogP contribution in [-0.2, 0) is 9.53 Å². The van der Waals surface area contributed by atoms with Crippen molar-refractivity contribution in [3.8, 4) is 0 Å². The van der Waals surface area contributed by atoms with Crippen LogP contribution in [0, 0.1) is 0 Å². The topological polar surface area (TPSA) is 26.3 Å². The Balaban J connectivity index is 2.43. The van der Waals surface area contributed by atoms with Crippen molar-refractivity contribution in [2.24, 2.45) is 0 Å². The summed E-state index contributed by atoms with van der Waals surface area (Å²) in [7, 11) is 0. The number of fused-ring (bicyclic) bond motifs is 1. The van der Waals surface area contributed by atoms with Crippen molar-refractivity contribution in [3.05, 3.63) is 52.9 Å². The summed E-state index contributed by atoms with van der Waals surface area (Å²) >= 11 is 4.18. The molecule has 0 spiro atoms. The Morgan fingerprint density at radius 2 is 1.94 bits per heavy atom. The van der Waals surface area contributed by atoms with Crippen LogP contribution in [-0.4, -0.2) is 12.6 Å². The van der Waals surface area contributed by atoms with E-state index >= 15 is 0 Å². The van der Waals surface area contributed by atoms with Gasteiger partial charge in [-0.25, -0.2) is 4.79 Å². The molecule has 0 aliphatic carbocycles. The average Bonchev–Trinajstić information content (AvgIpc) is 2.39. The van der Waals surface area contributed by atoms with Crippen LogP contribution in [0.3, 0.4) is 0 Å². The minimum absolute atomic E-state index is 0.313. The summed E-state index contributed by atoms with van der Waals surface area (Å²) < 4.78 is 4.90. The Kier molecular flexibility index (Phi) is 4.05. The standard InChI is InChI=1S/C15H14O2S/c1-2-17-15(16)14(18)10-12-8-5-7-11-6-3-4-9-13(11)12/h3-10,18H,2H2,1H3. The highest BCUT2D eigenvalue weighted by molar-refractivity contribution is 7.85. The Hall–Kier alpha value is -1.74. The molecule has 18 heavy (non-hydrogen) atoms. The van der Waals surface area contributed by atoms with Gasteiger partial charge in [-0.15, -0.1) is 12.6 Å². The maximum Gasteiger partial charge on any atom is 0.344 e. The molecule has 2 rings (SSSR count). The predicted molar refractivity (Wildman–Crippen MR) is 77.5 cm³/mol. The molecule has 0 aromatic heterocycles. The summed E-state index contributed by atoms with van der Waals surface area (Å²) in [5.74, 6) is -0.395. The number of benzene rings is 2. The van der Waals surface area contributed by atoms with E-state index in [1.165, 1.54) is 0 Å². The lowest BCUT2D eigenvalue weighted by molar-refractivity contribution is -0.137. The lowest BCUT2D eigenvalue weighted by Gasteiger charge is -2.04.